The number of para-hydroxylation sites is 1. The minimum Gasteiger partial charge on any atom is -0.352 e. The minimum atomic E-state index is -0.362. The van der Waals surface area contributed by atoms with Gasteiger partial charge in [0.1, 0.15) is 17.5 Å². The van der Waals surface area contributed by atoms with Gasteiger partial charge in [0.25, 0.3) is 0 Å². The largest absolute Gasteiger partial charge is 0.352 e. The second-order valence-corrected chi connectivity index (χ2v) is 7.48. The molecule has 4 rings (SSSR count). The van der Waals surface area contributed by atoms with Gasteiger partial charge in [-0.1, -0.05) is 24.3 Å². The Morgan fingerprint density at radius 2 is 1.90 bits per heavy atom. The molecular weight excluding hydrogens is 400 g/mol. The summed E-state index contributed by atoms with van der Waals surface area (Å²) >= 11 is 0. The molecule has 8 heteroatoms. The van der Waals surface area contributed by atoms with Crippen molar-refractivity contribution in [3.63, 3.8) is 0 Å². The van der Waals surface area contributed by atoms with Gasteiger partial charge in [-0.15, -0.1) is 0 Å². The highest BCUT2D eigenvalue weighted by molar-refractivity contribution is 5.79. The summed E-state index contributed by atoms with van der Waals surface area (Å²) in [5.74, 6) is 0.0780. The number of aromatic nitrogens is 2. The molecule has 1 unspecified atom stereocenters. The third kappa shape index (κ3) is 5.33. The molecule has 1 aromatic heterocycles. The van der Waals surface area contributed by atoms with Crippen molar-refractivity contribution in [2.24, 2.45) is 5.92 Å². The summed E-state index contributed by atoms with van der Waals surface area (Å²) in [5, 5.41) is 5.90. The van der Waals surface area contributed by atoms with Gasteiger partial charge in [-0.25, -0.2) is 13.8 Å². The zero-order valence-electron chi connectivity index (χ0n) is 16.9. The number of carbonyl (C=O) groups excluding carboxylic acids is 1. The summed E-state index contributed by atoms with van der Waals surface area (Å²) in [7, 11) is 0. The number of nitrogens with one attached hydrogen (secondary N) is 2. The number of halogens is 2. The Morgan fingerprint density at radius 1 is 1.10 bits per heavy atom. The van der Waals surface area contributed by atoms with E-state index in [1.165, 1.54) is 18.2 Å². The molecule has 0 radical (unpaired) electrons. The quantitative estimate of drug-likeness (QED) is 0.627. The van der Waals surface area contributed by atoms with Crippen molar-refractivity contribution in [1.82, 2.24) is 15.3 Å². The third-order valence-electron chi connectivity index (χ3n) is 5.23. The zero-order valence-corrected chi connectivity index (χ0v) is 16.9. The van der Waals surface area contributed by atoms with Crippen LogP contribution in [0.3, 0.4) is 0 Å². The Bertz CT molecular complexity index is 1040. The van der Waals surface area contributed by atoms with Crippen molar-refractivity contribution in [1.29, 1.82) is 0 Å². The predicted molar refractivity (Wildman–Crippen MR) is 115 cm³/mol. The summed E-state index contributed by atoms with van der Waals surface area (Å²) in [5.41, 5.74) is 1.18. The fourth-order valence-corrected chi connectivity index (χ4v) is 3.58. The number of nitrogens with zero attached hydrogens (tertiary/aromatic N) is 3. The fourth-order valence-electron chi connectivity index (χ4n) is 3.58. The van der Waals surface area contributed by atoms with Gasteiger partial charge >= 0.3 is 0 Å². The summed E-state index contributed by atoms with van der Waals surface area (Å²) in [4.78, 5) is 23.5. The van der Waals surface area contributed by atoms with Gasteiger partial charge in [0, 0.05) is 25.8 Å². The molecule has 160 valence electrons. The number of anilines is 3. The number of carbonyl (C=O) groups is 1. The lowest BCUT2D eigenvalue weighted by atomic mass is 9.97. The number of rotatable bonds is 6. The van der Waals surface area contributed by atoms with E-state index < -0.39 is 0 Å². The van der Waals surface area contributed by atoms with Gasteiger partial charge in [-0.3, -0.25) is 4.79 Å². The SMILES string of the molecule is O=C(NCc1ccc(F)cc1)C1CCCN(c2nccc(Nc3ccccc3F)n2)C1. The highest BCUT2D eigenvalue weighted by atomic mass is 19.1. The number of hydrogen-bond donors (Lipinski definition) is 2. The smallest absolute Gasteiger partial charge is 0.227 e. The van der Waals surface area contributed by atoms with Crippen LogP contribution in [0.1, 0.15) is 18.4 Å². The highest BCUT2D eigenvalue weighted by Crippen LogP contribution is 2.23. The van der Waals surface area contributed by atoms with E-state index in [-0.39, 0.29) is 23.5 Å². The highest BCUT2D eigenvalue weighted by Gasteiger charge is 2.27. The maximum absolute atomic E-state index is 13.9. The number of hydrogen-bond acceptors (Lipinski definition) is 5. The van der Waals surface area contributed by atoms with Gasteiger partial charge in [0.05, 0.1) is 11.6 Å². The molecule has 1 aliphatic rings. The lowest BCUT2D eigenvalue weighted by Crippen LogP contribution is -2.43. The van der Waals surface area contributed by atoms with Crippen molar-refractivity contribution < 1.29 is 13.6 Å². The molecule has 1 saturated heterocycles. The first-order valence-corrected chi connectivity index (χ1v) is 10.2. The molecule has 0 bridgehead atoms. The molecule has 1 amide bonds. The maximum Gasteiger partial charge on any atom is 0.227 e. The van der Waals surface area contributed by atoms with Crippen molar-refractivity contribution >= 4 is 23.4 Å². The van der Waals surface area contributed by atoms with Crippen molar-refractivity contribution in [2.45, 2.75) is 19.4 Å². The van der Waals surface area contributed by atoms with Crippen molar-refractivity contribution in [3.05, 3.63) is 78.0 Å². The predicted octanol–water partition coefficient (Wildman–Crippen LogP) is 4.03. The van der Waals surface area contributed by atoms with Crippen LogP contribution in [-0.4, -0.2) is 29.0 Å². The second-order valence-electron chi connectivity index (χ2n) is 7.48. The van der Waals surface area contributed by atoms with Crippen LogP contribution in [0.2, 0.25) is 0 Å². The van der Waals surface area contributed by atoms with Crippen LogP contribution >= 0.6 is 0 Å². The van der Waals surface area contributed by atoms with E-state index in [1.807, 2.05) is 4.90 Å². The summed E-state index contributed by atoms with van der Waals surface area (Å²) in [6.45, 7) is 1.59. The lowest BCUT2D eigenvalue weighted by molar-refractivity contribution is -0.125. The molecule has 2 heterocycles. The van der Waals surface area contributed by atoms with Gasteiger partial charge < -0.3 is 15.5 Å². The molecule has 0 saturated carbocycles. The number of benzene rings is 2. The van der Waals surface area contributed by atoms with E-state index in [2.05, 4.69) is 20.6 Å². The van der Waals surface area contributed by atoms with Crippen LogP contribution in [0, 0.1) is 17.6 Å². The van der Waals surface area contributed by atoms with E-state index in [0.717, 1.165) is 24.9 Å². The maximum atomic E-state index is 13.9. The van der Waals surface area contributed by atoms with Crippen molar-refractivity contribution in [2.75, 3.05) is 23.3 Å². The van der Waals surface area contributed by atoms with E-state index in [0.29, 0.717) is 30.5 Å². The van der Waals surface area contributed by atoms with Crippen LogP contribution in [0.15, 0.2) is 60.8 Å². The molecule has 2 aromatic carbocycles. The van der Waals surface area contributed by atoms with Crippen LogP contribution in [0.5, 0.6) is 0 Å². The van der Waals surface area contributed by atoms with Gasteiger partial charge in [0.15, 0.2) is 0 Å². The van der Waals surface area contributed by atoms with Gasteiger partial charge in [-0.2, -0.15) is 4.98 Å². The molecule has 3 aromatic rings. The molecule has 1 fully saturated rings. The van der Waals surface area contributed by atoms with E-state index in [1.54, 1.807) is 42.6 Å². The average Bonchev–Trinajstić information content (AvgIpc) is 2.80. The first-order valence-electron chi connectivity index (χ1n) is 10.2. The summed E-state index contributed by atoms with van der Waals surface area (Å²) < 4.78 is 26.9. The van der Waals surface area contributed by atoms with Crippen LogP contribution in [-0.2, 0) is 11.3 Å². The Kier molecular flexibility index (Phi) is 6.35. The Labute approximate surface area is 179 Å². The van der Waals surface area contributed by atoms with E-state index >= 15 is 0 Å². The summed E-state index contributed by atoms with van der Waals surface area (Å²) in [6.07, 6.45) is 3.23. The van der Waals surface area contributed by atoms with Crippen LogP contribution < -0.4 is 15.5 Å². The zero-order chi connectivity index (χ0) is 21.6. The topological polar surface area (TPSA) is 70.2 Å². The van der Waals surface area contributed by atoms with E-state index in [9.17, 15) is 13.6 Å². The first kappa shape index (κ1) is 20.7. The molecule has 31 heavy (non-hydrogen) atoms. The van der Waals surface area contributed by atoms with Crippen LogP contribution in [0.4, 0.5) is 26.2 Å². The van der Waals surface area contributed by atoms with Gasteiger partial charge in [0.2, 0.25) is 11.9 Å². The first-order chi connectivity index (χ1) is 15.1. The molecule has 1 aliphatic heterocycles. The standard InChI is InChI=1S/C23H23F2N5O/c24-18-9-7-16(8-10-18)14-27-22(31)17-4-3-13-30(15-17)23-26-12-11-21(29-23)28-20-6-2-1-5-19(20)25/h1-2,5-12,17H,3-4,13-15H2,(H,27,31)(H,26,28,29). The number of amides is 1. The second kappa shape index (κ2) is 9.51. The van der Waals surface area contributed by atoms with Crippen LogP contribution in [0.25, 0.3) is 0 Å². The number of piperidine rings is 1. The normalized spacial score (nSPS) is 16.1. The molecule has 2 N–H and O–H groups in total. The van der Waals surface area contributed by atoms with E-state index in [4.69, 9.17) is 0 Å². The summed E-state index contributed by atoms with van der Waals surface area (Å²) in [6, 6.07) is 14.1. The molecule has 1 atom stereocenters. The molecule has 0 aliphatic carbocycles. The fraction of sp³-hybridized carbons (Fsp3) is 0.261. The van der Waals surface area contributed by atoms with Gasteiger partial charge in [-0.05, 0) is 48.7 Å². The molecule has 0 spiro atoms. The Morgan fingerprint density at radius 3 is 2.71 bits per heavy atom. The lowest BCUT2D eigenvalue weighted by Gasteiger charge is -2.32. The molecule has 6 nitrogen and oxygen atoms in total. The molecular formula is C23H23F2N5O. The monoisotopic (exact) mass is 423 g/mol. The Balaban J connectivity index is 1.38. The van der Waals surface area contributed by atoms with Crippen molar-refractivity contribution in [3.8, 4) is 0 Å². The Hall–Kier alpha value is -3.55. The third-order valence-corrected chi connectivity index (χ3v) is 5.23. The average molecular weight is 423 g/mol. The minimum absolute atomic E-state index is 0.0466.